The van der Waals surface area contributed by atoms with Crippen LogP contribution in [0.5, 0.6) is 0 Å². The van der Waals surface area contributed by atoms with Crippen molar-refractivity contribution in [3.05, 3.63) is 51.3 Å². The highest BCUT2D eigenvalue weighted by molar-refractivity contribution is 9.10. The van der Waals surface area contributed by atoms with Crippen molar-refractivity contribution in [2.45, 2.75) is 20.8 Å². The Morgan fingerprint density at radius 2 is 1.73 bits per heavy atom. The van der Waals surface area contributed by atoms with E-state index in [2.05, 4.69) is 26.2 Å². The molecule has 26 heavy (non-hydrogen) atoms. The number of esters is 2. The average Bonchev–Trinajstić information content (AvgIpc) is 2.93. The van der Waals surface area contributed by atoms with Gasteiger partial charge in [0.2, 0.25) is 0 Å². The molecule has 2 rings (SSSR count). The number of aromatic nitrogens is 1. The van der Waals surface area contributed by atoms with Gasteiger partial charge in [-0.2, -0.15) is 0 Å². The van der Waals surface area contributed by atoms with Gasteiger partial charge in [0.1, 0.15) is 11.4 Å². The molecule has 1 aromatic heterocycles. The Bertz CT molecular complexity index is 844. The highest BCUT2D eigenvalue weighted by Gasteiger charge is 2.29. The Hall–Kier alpha value is -2.61. The molecule has 1 aromatic carbocycles. The fourth-order valence-electron chi connectivity index (χ4n) is 2.39. The number of carbonyl (C=O) groups is 3. The first-order valence-corrected chi connectivity index (χ1v) is 8.82. The average molecular weight is 423 g/mol. The second-order valence-corrected chi connectivity index (χ2v) is 6.20. The van der Waals surface area contributed by atoms with Crippen molar-refractivity contribution in [2.75, 3.05) is 18.5 Å². The van der Waals surface area contributed by atoms with Crippen molar-refractivity contribution < 1.29 is 23.9 Å². The van der Waals surface area contributed by atoms with Crippen molar-refractivity contribution in [3.8, 4) is 0 Å². The summed E-state index contributed by atoms with van der Waals surface area (Å²) in [4.78, 5) is 39.8. The van der Waals surface area contributed by atoms with E-state index in [1.54, 1.807) is 39.0 Å². The Labute approximate surface area is 159 Å². The lowest BCUT2D eigenvalue weighted by atomic mass is 10.1. The first kappa shape index (κ1) is 19.7. The van der Waals surface area contributed by atoms with Crippen LogP contribution in [0.15, 0.2) is 28.7 Å². The first-order chi connectivity index (χ1) is 12.4. The van der Waals surface area contributed by atoms with E-state index in [0.29, 0.717) is 11.3 Å². The van der Waals surface area contributed by atoms with Crippen molar-refractivity contribution in [1.82, 2.24) is 4.98 Å². The lowest BCUT2D eigenvalue weighted by molar-refractivity contribution is 0.0517. The molecule has 0 fully saturated rings. The summed E-state index contributed by atoms with van der Waals surface area (Å²) in [5.41, 5.74) is 0.853. The van der Waals surface area contributed by atoms with Gasteiger partial charge >= 0.3 is 11.9 Å². The van der Waals surface area contributed by atoms with E-state index < -0.39 is 17.8 Å². The quantitative estimate of drug-likeness (QED) is 0.691. The largest absolute Gasteiger partial charge is 0.462 e. The molecule has 0 aliphatic heterocycles. The number of amides is 1. The molecular weight excluding hydrogens is 404 g/mol. The van der Waals surface area contributed by atoms with Crippen LogP contribution in [0.2, 0.25) is 0 Å². The van der Waals surface area contributed by atoms with Crippen molar-refractivity contribution >= 4 is 39.5 Å². The Kier molecular flexibility index (Phi) is 6.57. The summed E-state index contributed by atoms with van der Waals surface area (Å²) in [5, 5.41) is 2.69. The zero-order valence-corrected chi connectivity index (χ0v) is 16.2. The smallest absolute Gasteiger partial charge is 0.355 e. The summed E-state index contributed by atoms with van der Waals surface area (Å²) in [6.07, 6.45) is 0. The third-order valence-electron chi connectivity index (χ3n) is 3.52. The zero-order chi connectivity index (χ0) is 19.3. The highest BCUT2D eigenvalue weighted by atomic mass is 79.9. The Morgan fingerprint density at radius 3 is 2.35 bits per heavy atom. The van der Waals surface area contributed by atoms with Gasteiger partial charge < -0.3 is 19.8 Å². The minimum atomic E-state index is -0.684. The topological polar surface area (TPSA) is 97.5 Å². The number of halogens is 1. The maximum absolute atomic E-state index is 12.7. The number of hydrogen-bond donors (Lipinski definition) is 2. The summed E-state index contributed by atoms with van der Waals surface area (Å²) in [7, 11) is 0. The van der Waals surface area contributed by atoms with Crippen LogP contribution >= 0.6 is 15.9 Å². The number of nitrogens with one attached hydrogen (secondary N) is 2. The summed E-state index contributed by atoms with van der Waals surface area (Å²) in [6, 6.07) is 6.99. The molecule has 0 aliphatic carbocycles. The van der Waals surface area contributed by atoms with Gasteiger partial charge in [0.15, 0.2) is 0 Å². The highest BCUT2D eigenvalue weighted by Crippen LogP contribution is 2.23. The van der Waals surface area contributed by atoms with Crippen molar-refractivity contribution in [1.29, 1.82) is 0 Å². The molecule has 2 aromatic rings. The van der Waals surface area contributed by atoms with Gasteiger partial charge in [-0.25, -0.2) is 9.59 Å². The van der Waals surface area contributed by atoms with Gasteiger partial charge in [-0.1, -0.05) is 22.0 Å². The number of rotatable bonds is 6. The number of aromatic amines is 1. The molecule has 0 unspecified atom stereocenters. The monoisotopic (exact) mass is 422 g/mol. The van der Waals surface area contributed by atoms with Crippen molar-refractivity contribution in [2.24, 2.45) is 0 Å². The number of ether oxygens (including phenoxy) is 2. The molecule has 0 aliphatic rings. The van der Waals surface area contributed by atoms with Gasteiger partial charge in [-0.3, -0.25) is 4.79 Å². The van der Waals surface area contributed by atoms with E-state index in [4.69, 9.17) is 9.47 Å². The third kappa shape index (κ3) is 4.32. The Balaban J connectivity index is 2.44. The molecule has 7 nitrogen and oxygen atoms in total. The van der Waals surface area contributed by atoms with E-state index >= 15 is 0 Å². The molecule has 2 N–H and O–H groups in total. The fourth-order valence-corrected chi connectivity index (χ4v) is 2.79. The fraction of sp³-hybridized carbons (Fsp3) is 0.278. The van der Waals surface area contributed by atoms with Crippen LogP contribution in [0.1, 0.15) is 50.7 Å². The standard InChI is InChI=1S/C18H19BrN2O5/c1-4-25-17(23)13-10(3)14(18(24)26-5-2)21-15(13)16(22)20-12-8-6-7-11(19)9-12/h6-9,21H,4-5H2,1-3H3,(H,20,22). The maximum atomic E-state index is 12.7. The minimum absolute atomic E-state index is 0.0161. The molecule has 0 radical (unpaired) electrons. The molecule has 0 saturated carbocycles. The van der Waals surface area contributed by atoms with E-state index in [1.165, 1.54) is 0 Å². The van der Waals surface area contributed by atoms with Gasteiger partial charge in [0, 0.05) is 10.2 Å². The zero-order valence-electron chi connectivity index (χ0n) is 14.6. The van der Waals surface area contributed by atoms with E-state index in [0.717, 1.165) is 4.47 Å². The van der Waals surface area contributed by atoms with Crippen LogP contribution in [0, 0.1) is 6.92 Å². The van der Waals surface area contributed by atoms with Crippen LogP contribution in [-0.4, -0.2) is 36.0 Å². The predicted octanol–water partition coefficient (Wildman–Crippen LogP) is 3.69. The van der Waals surface area contributed by atoms with Crippen LogP contribution < -0.4 is 5.32 Å². The van der Waals surface area contributed by atoms with Crippen LogP contribution in [-0.2, 0) is 9.47 Å². The number of hydrogen-bond acceptors (Lipinski definition) is 5. The van der Waals surface area contributed by atoms with Gasteiger partial charge in [0.25, 0.3) is 5.91 Å². The maximum Gasteiger partial charge on any atom is 0.355 e. The molecule has 0 saturated heterocycles. The molecule has 0 spiro atoms. The van der Waals surface area contributed by atoms with Crippen LogP contribution in [0.3, 0.4) is 0 Å². The van der Waals surface area contributed by atoms with Crippen LogP contribution in [0.4, 0.5) is 5.69 Å². The van der Waals surface area contributed by atoms with Crippen LogP contribution in [0.25, 0.3) is 0 Å². The second-order valence-electron chi connectivity index (χ2n) is 5.28. The lowest BCUT2D eigenvalue weighted by Gasteiger charge is -2.07. The summed E-state index contributed by atoms with van der Waals surface area (Å²) >= 11 is 3.32. The molecule has 0 atom stereocenters. The normalized spacial score (nSPS) is 10.3. The third-order valence-corrected chi connectivity index (χ3v) is 4.01. The molecular formula is C18H19BrN2O5. The molecule has 1 amide bonds. The molecule has 8 heteroatoms. The summed E-state index contributed by atoms with van der Waals surface area (Å²) < 4.78 is 10.8. The van der Waals surface area contributed by atoms with Gasteiger partial charge in [-0.05, 0) is 44.5 Å². The number of benzene rings is 1. The first-order valence-electron chi connectivity index (χ1n) is 8.02. The Morgan fingerprint density at radius 1 is 1.08 bits per heavy atom. The number of anilines is 1. The lowest BCUT2D eigenvalue weighted by Crippen LogP contribution is -2.17. The molecule has 1 heterocycles. The predicted molar refractivity (Wildman–Crippen MR) is 99.5 cm³/mol. The molecule has 138 valence electrons. The van der Waals surface area contributed by atoms with E-state index in [1.807, 2.05) is 6.07 Å². The number of carbonyl (C=O) groups excluding carboxylic acids is 3. The summed E-state index contributed by atoms with van der Waals surface area (Å²) in [5.74, 6) is -1.89. The second kappa shape index (κ2) is 8.66. The van der Waals surface area contributed by atoms with E-state index in [9.17, 15) is 14.4 Å². The minimum Gasteiger partial charge on any atom is -0.462 e. The SMILES string of the molecule is CCOC(=O)c1[nH]c(C(=O)Nc2cccc(Br)c2)c(C(=O)OCC)c1C. The van der Waals surface area contributed by atoms with Crippen molar-refractivity contribution in [3.63, 3.8) is 0 Å². The molecule has 0 bridgehead atoms. The van der Waals surface area contributed by atoms with Gasteiger partial charge in [0.05, 0.1) is 18.8 Å². The van der Waals surface area contributed by atoms with Gasteiger partial charge in [-0.15, -0.1) is 0 Å². The number of H-pyrrole nitrogens is 1. The van der Waals surface area contributed by atoms with E-state index in [-0.39, 0.29) is 30.2 Å². The summed E-state index contributed by atoms with van der Waals surface area (Å²) in [6.45, 7) is 5.21.